The molecule has 2 rings (SSSR count). The second-order valence-corrected chi connectivity index (χ2v) is 5.28. The van der Waals surface area contributed by atoms with Gasteiger partial charge in [-0.1, -0.05) is 6.07 Å². The van der Waals surface area contributed by atoms with Crippen molar-refractivity contribution >= 4 is 31.0 Å². The molecule has 0 unspecified atom stereocenters. The Bertz CT molecular complexity index is 474. The molecule has 0 fully saturated rings. The van der Waals surface area contributed by atoms with Crippen LogP contribution >= 0.6 is 0 Å². The summed E-state index contributed by atoms with van der Waals surface area (Å²) in [6, 6.07) is 15.2. The molecule has 0 atom stereocenters. The van der Waals surface area contributed by atoms with Gasteiger partial charge in [0.2, 0.25) is 0 Å². The SMILES string of the molecule is CN(C)C([S-])[S-].O=C(c1[c-]cccc1)c1ccccn1.[Au+3]. The molecule has 3 nitrogen and oxygen atoms in total. The number of benzene rings is 1. The maximum absolute atomic E-state index is 11.8. The van der Waals surface area contributed by atoms with Gasteiger partial charge in [-0.3, -0.25) is 4.98 Å². The van der Waals surface area contributed by atoms with Gasteiger partial charge in [-0.25, -0.2) is 4.71 Å². The van der Waals surface area contributed by atoms with Crippen LogP contribution in [0.3, 0.4) is 0 Å². The Kier molecular flexibility index (Phi) is 10.8. The summed E-state index contributed by atoms with van der Waals surface area (Å²) < 4.78 is -0.148. The molecule has 0 amide bonds. The fraction of sp³-hybridized carbons (Fsp3) is 0.200. The van der Waals surface area contributed by atoms with Crippen LogP contribution in [0.2, 0.25) is 0 Å². The number of aromatic nitrogens is 1. The maximum Gasteiger partial charge on any atom is 3.00 e. The minimum absolute atomic E-state index is 0. The molecule has 0 saturated carbocycles. The fourth-order valence-corrected chi connectivity index (χ4v) is 1.17. The van der Waals surface area contributed by atoms with Gasteiger partial charge in [0.05, 0.1) is 5.69 Å². The van der Waals surface area contributed by atoms with Gasteiger partial charge in [-0.15, -0.1) is 35.9 Å². The van der Waals surface area contributed by atoms with E-state index in [-0.39, 0.29) is 32.9 Å². The van der Waals surface area contributed by atoms with E-state index in [0.717, 1.165) is 0 Å². The van der Waals surface area contributed by atoms with Crippen LogP contribution in [-0.2, 0) is 47.6 Å². The summed E-state index contributed by atoms with van der Waals surface area (Å²) in [7, 11) is 3.73. The van der Waals surface area contributed by atoms with Crippen molar-refractivity contribution in [1.29, 1.82) is 0 Å². The Labute approximate surface area is 152 Å². The second kappa shape index (κ2) is 11.1. The summed E-state index contributed by atoms with van der Waals surface area (Å²) in [6.45, 7) is 0. The van der Waals surface area contributed by atoms with Gasteiger partial charge in [-0.2, -0.15) is 0 Å². The van der Waals surface area contributed by atoms with Gasteiger partial charge < -0.3 is 35.0 Å². The summed E-state index contributed by atoms with van der Waals surface area (Å²) in [5.41, 5.74) is 1.00. The van der Waals surface area contributed by atoms with E-state index in [1.807, 2.05) is 26.2 Å². The van der Waals surface area contributed by atoms with Crippen molar-refractivity contribution in [2.24, 2.45) is 0 Å². The Morgan fingerprint density at radius 3 is 2.24 bits per heavy atom. The number of carbonyl (C=O) groups excluding carboxylic acids is 1. The molecular formula is C15H15AuN2OS2. The van der Waals surface area contributed by atoms with Crippen molar-refractivity contribution in [3.05, 3.63) is 66.0 Å². The van der Waals surface area contributed by atoms with E-state index in [4.69, 9.17) is 0 Å². The minimum Gasteiger partial charge on any atom is -0.800 e. The molecule has 0 saturated heterocycles. The maximum atomic E-state index is 11.8. The molecule has 2 aromatic rings. The number of hydrogen-bond donors (Lipinski definition) is 0. The van der Waals surface area contributed by atoms with E-state index in [0.29, 0.717) is 11.3 Å². The number of carbonyl (C=O) groups is 1. The average molecular weight is 500 g/mol. The first-order chi connectivity index (χ1) is 9.52. The number of nitrogens with zero attached hydrogens (tertiary/aromatic N) is 2. The van der Waals surface area contributed by atoms with E-state index < -0.39 is 0 Å². The predicted octanol–water partition coefficient (Wildman–Crippen LogP) is 2.04. The molecule has 114 valence electrons. The molecule has 6 heteroatoms. The van der Waals surface area contributed by atoms with E-state index in [1.165, 1.54) is 0 Å². The molecule has 0 spiro atoms. The molecule has 0 radical (unpaired) electrons. The van der Waals surface area contributed by atoms with Crippen molar-refractivity contribution < 1.29 is 27.2 Å². The zero-order chi connectivity index (χ0) is 15.0. The third kappa shape index (κ3) is 7.85. The van der Waals surface area contributed by atoms with Gasteiger partial charge in [0.15, 0.2) is 0 Å². The molecule has 0 aliphatic heterocycles. The first-order valence-electron chi connectivity index (χ1n) is 5.93. The average Bonchev–Trinajstić information content (AvgIpc) is 2.49. The second-order valence-electron chi connectivity index (χ2n) is 4.09. The van der Waals surface area contributed by atoms with Gasteiger partial charge in [0.25, 0.3) is 0 Å². The first kappa shape index (κ1) is 20.4. The van der Waals surface area contributed by atoms with Crippen LogP contribution in [0.4, 0.5) is 0 Å². The van der Waals surface area contributed by atoms with Gasteiger partial charge in [0, 0.05) is 6.20 Å². The molecule has 1 heterocycles. The molecule has 0 aliphatic rings. The van der Waals surface area contributed by atoms with E-state index in [1.54, 1.807) is 41.4 Å². The van der Waals surface area contributed by atoms with Crippen molar-refractivity contribution in [1.82, 2.24) is 9.88 Å². The molecule has 0 N–H and O–H groups in total. The zero-order valence-corrected chi connectivity index (χ0v) is 15.4. The molecule has 1 aromatic carbocycles. The van der Waals surface area contributed by atoms with E-state index in [9.17, 15) is 4.79 Å². The summed E-state index contributed by atoms with van der Waals surface area (Å²) in [6.07, 6.45) is 1.61. The molecule has 1 aromatic heterocycles. The Morgan fingerprint density at radius 1 is 1.19 bits per heavy atom. The number of rotatable bonds is 3. The Balaban J connectivity index is 0.000000495. The first-order valence-corrected chi connectivity index (χ1v) is 6.87. The largest absolute Gasteiger partial charge is 3.00 e. The topological polar surface area (TPSA) is 33.2 Å². The normalized spacial score (nSPS) is 9.62. The van der Waals surface area contributed by atoms with Crippen molar-refractivity contribution in [3.8, 4) is 0 Å². The smallest absolute Gasteiger partial charge is 0.800 e. The van der Waals surface area contributed by atoms with Crippen LogP contribution in [0.25, 0.3) is 0 Å². The number of hydrogen-bond acceptors (Lipinski definition) is 5. The molecule has 0 aliphatic carbocycles. The third-order valence-corrected chi connectivity index (χ3v) is 3.12. The fourth-order valence-electron chi connectivity index (χ4n) is 1.17. The Morgan fingerprint density at radius 2 is 1.81 bits per heavy atom. The van der Waals surface area contributed by atoms with Gasteiger partial charge >= 0.3 is 22.4 Å². The van der Waals surface area contributed by atoms with Crippen LogP contribution < -0.4 is 0 Å². The van der Waals surface area contributed by atoms with Crippen LogP contribution in [0.5, 0.6) is 0 Å². The zero-order valence-electron chi connectivity index (χ0n) is 11.6. The molecule has 21 heavy (non-hydrogen) atoms. The predicted molar refractivity (Wildman–Crippen MR) is 85.2 cm³/mol. The summed E-state index contributed by atoms with van der Waals surface area (Å²) in [4.78, 5) is 17.5. The van der Waals surface area contributed by atoms with Crippen LogP contribution in [0.1, 0.15) is 16.1 Å². The van der Waals surface area contributed by atoms with E-state index >= 15 is 0 Å². The molecule has 0 bridgehead atoms. The Hall–Kier alpha value is -0.560. The summed E-state index contributed by atoms with van der Waals surface area (Å²) in [5.74, 6) is -0.0915. The molecular weight excluding hydrogens is 485 g/mol. The third-order valence-electron chi connectivity index (χ3n) is 2.27. The summed E-state index contributed by atoms with van der Waals surface area (Å²) in [5, 5.41) is 0. The van der Waals surface area contributed by atoms with Gasteiger partial charge in [0.1, 0.15) is 5.78 Å². The van der Waals surface area contributed by atoms with E-state index in [2.05, 4.69) is 36.3 Å². The van der Waals surface area contributed by atoms with Crippen LogP contribution in [0, 0.1) is 6.07 Å². The summed E-state index contributed by atoms with van der Waals surface area (Å²) >= 11 is 9.29. The number of pyridine rings is 1. The van der Waals surface area contributed by atoms with Gasteiger partial charge in [-0.05, 0) is 26.2 Å². The van der Waals surface area contributed by atoms with Crippen LogP contribution in [-0.4, -0.2) is 34.5 Å². The standard InChI is InChI=1S/C12H8NO.C3H9NS2.Au/c14-12(10-6-2-1-3-7-10)11-8-4-5-9-13-11;1-4(2)3(5)6;/h1-6,8-9H;3,5-6H,1-2H3;/q-1;;+3/p-2. The van der Waals surface area contributed by atoms with Crippen molar-refractivity contribution in [2.45, 2.75) is 4.71 Å². The monoisotopic (exact) mass is 500 g/mol. The quantitative estimate of drug-likeness (QED) is 0.279. The van der Waals surface area contributed by atoms with Crippen molar-refractivity contribution in [2.75, 3.05) is 14.1 Å². The van der Waals surface area contributed by atoms with Crippen molar-refractivity contribution in [3.63, 3.8) is 0 Å². The van der Waals surface area contributed by atoms with Crippen LogP contribution in [0.15, 0.2) is 48.7 Å². The minimum atomic E-state index is -0.148. The number of ketones is 1.